The van der Waals surface area contributed by atoms with Crippen LogP contribution in [0.4, 0.5) is 0 Å². The van der Waals surface area contributed by atoms with E-state index in [4.69, 9.17) is 14.2 Å². The lowest BCUT2D eigenvalue weighted by Gasteiger charge is -2.25. The van der Waals surface area contributed by atoms with Crippen LogP contribution in [0.25, 0.3) is 10.8 Å². The van der Waals surface area contributed by atoms with Crippen molar-refractivity contribution in [3.8, 4) is 17.2 Å². The van der Waals surface area contributed by atoms with Crippen LogP contribution < -0.4 is 14.2 Å². The normalized spacial score (nSPS) is 11.8. The molecule has 0 radical (unpaired) electrons. The Morgan fingerprint density at radius 3 is 2.10 bits per heavy atom. The monoisotopic (exact) mass is 423 g/mol. The molecule has 164 valence electrons. The Kier molecular flexibility index (Phi) is 7.02. The predicted molar refractivity (Wildman–Crippen MR) is 121 cm³/mol. The van der Waals surface area contributed by atoms with Crippen LogP contribution in [0.3, 0.4) is 0 Å². The maximum absolute atomic E-state index is 13.5. The van der Waals surface area contributed by atoms with Crippen LogP contribution in [-0.4, -0.2) is 50.3 Å². The van der Waals surface area contributed by atoms with E-state index in [9.17, 15) is 9.90 Å². The first kappa shape index (κ1) is 22.4. The van der Waals surface area contributed by atoms with Gasteiger partial charge in [-0.3, -0.25) is 4.79 Å². The van der Waals surface area contributed by atoms with Gasteiger partial charge in [0.15, 0.2) is 0 Å². The van der Waals surface area contributed by atoms with Crippen molar-refractivity contribution in [2.45, 2.75) is 20.0 Å². The molecule has 3 rings (SSSR count). The average molecular weight is 424 g/mol. The van der Waals surface area contributed by atoms with E-state index >= 15 is 0 Å². The molecular weight excluding hydrogens is 394 g/mol. The Morgan fingerprint density at radius 2 is 1.55 bits per heavy atom. The van der Waals surface area contributed by atoms with E-state index in [1.165, 1.54) is 0 Å². The number of fused-ring (bicyclic) bond motifs is 1. The molecule has 1 unspecified atom stereocenters. The standard InChI is InChI=1S/C25H29NO5/c1-6-26(7-2)25(28)22-21(14-16-10-8-9-11-20(16)24(22)31-5)23(27)17-12-18(29-3)15-19(13-17)30-4/h8-15,23,27H,6-7H2,1-5H3. The molecule has 0 saturated heterocycles. The van der Waals surface area contributed by atoms with Gasteiger partial charge in [-0.25, -0.2) is 0 Å². The molecule has 0 spiro atoms. The summed E-state index contributed by atoms with van der Waals surface area (Å²) < 4.78 is 16.4. The molecule has 0 aliphatic rings. The highest BCUT2D eigenvalue weighted by Crippen LogP contribution is 2.39. The second-order valence-electron chi connectivity index (χ2n) is 7.12. The van der Waals surface area contributed by atoms with Crippen LogP contribution in [0.5, 0.6) is 17.2 Å². The van der Waals surface area contributed by atoms with Crippen LogP contribution in [-0.2, 0) is 0 Å². The zero-order valence-electron chi connectivity index (χ0n) is 18.6. The van der Waals surface area contributed by atoms with E-state index in [2.05, 4.69) is 0 Å². The Bertz CT molecular complexity index is 1050. The van der Waals surface area contributed by atoms with Gasteiger partial charge in [-0.2, -0.15) is 0 Å². The van der Waals surface area contributed by atoms with Gasteiger partial charge in [0.2, 0.25) is 0 Å². The lowest BCUT2D eigenvalue weighted by atomic mass is 9.91. The fourth-order valence-corrected chi connectivity index (χ4v) is 3.82. The van der Waals surface area contributed by atoms with Crippen LogP contribution in [0.15, 0.2) is 48.5 Å². The number of amides is 1. The molecule has 1 N–H and O–H groups in total. The highest BCUT2D eigenvalue weighted by molar-refractivity contribution is 6.05. The fourth-order valence-electron chi connectivity index (χ4n) is 3.82. The summed E-state index contributed by atoms with van der Waals surface area (Å²) in [5.74, 6) is 1.38. The first-order valence-electron chi connectivity index (χ1n) is 10.3. The molecule has 1 amide bonds. The topological polar surface area (TPSA) is 68.2 Å². The third-order valence-electron chi connectivity index (χ3n) is 5.48. The molecule has 0 aromatic heterocycles. The van der Waals surface area contributed by atoms with Crippen molar-refractivity contribution in [1.29, 1.82) is 0 Å². The molecule has 6 nitrogen and oxygen atoms in total. The van der Waals surface area contributed by atoms with Crippen molar-refractivity contribution >= 4 is 16.7 Å². The van der Waals surface area contributed by atoms with Crippen molar-refractivity contribution < 1.29 is 24.1 Å². The minimum atomic E-state index is -1.09. The molecule has 0 aliphatic heterocycles. The Morgan fingerprint density at radius 1 is 0.935 bits per heavy atom. The number of carbonyl (C=O) groups excluding carboxylic acids is 1. The van der Waals surface area contributed by atoms with E-state index in [0.717, 1.165) is 10.8 Å². The van der Waals surface area contributed by atoms with Gasteiger partial charge in [-0.05, 0) is 43.0 Å². The van der Waals surface area contributed by atoms with Gasteiger partial charge in [0, 0.05) is 30.1 Å². The number of carbonyl (C=O) groups is 1. The Balaban J connectivity index is 2.30. The molecule has 0 aliphatic carbocycles. The summed E-state index contributed by atoms with van der Waals surface area (Å²) in [6.07, 6.45) is -1.09. The van der Waals surface area contributed by atoms with E-state index in [0.29, 0.717) is 47.0 Å². The SMILES string of the molecule is CCN(CC)C(=O)c1c(C(O)c2cc(OC)cc(OC)c2)cc2ccccc2c1OC. The molecule has 0 fully saturated rings. The van der Waals surface area contributed by atoms with Gasteiger partial charge in [0.1, 0.15) is 23.4 Å². The van der Waals surface area contributed by atoms with Gasteiger partial charge >= 0.3 is 0 Å². The van der Waals surface area contributed by atoms with E-state index < -0.39 is 6.10 Å². The maximum Gasteiger partial charge on any atom is 0.258 e. The number of aliphatic hydroxyl groups is 1. The van der Waals surface area contributed by atoms with E-state index in [1.54, 1.807) is 44.4 Å². The summed E-state index contributed by atoms with van der Waals surface area (Å²) in [5.41, 5.74) is 1.39. The van der Waals surface area contributed by atoms with Crippen molar-refractivity contribution in [3.63, 3.8) is 0 Å². The number of hydrogen-bond donors (Lipinski definition) is 1. The Hall–Kier alpha value is -3.25. The molecule has 0 heterocycles. The van der Waals surface area contributed by atoms with Gasteiger partial charge < -0.3 is 24.2 Å². The second kappa shape index (κ2) is 9.71. The third-order valence-corrected chi connectivity index (χ3v) is 5.48. The lowest BCUT2D eigenvalue weighted by Crippen LogP contribution is -2.32. The number of hydrogen-bond acceptors (Lipinski definition) is 5. The summed E-state index contributed by atoms with van der Waals surface area (Å²) in [5, 5.41) is 13.1. The van der Waals surface area contributed by atoms with Crippen LogP contribution in [0, 0.1) is 0 Å². The van der Waals surface area contributed by atoms with E-state index in [1.807, 2.05) is 44.2 Å². The molecule has 3 aromatic rings. The quantitative estimate of drug-likeness (QED) is 0.581. The highest BCUT2D eigenvalue weighted by Gasteiger charge is 2.28. The molecule has 3 aromatic carbocycles. The van der Waals surface area contributed by atoms with Gasteiger partial charge in [-0.15, -0.1) is 0 Å². The summed E-state index contributed by atoms with van der Waals surface area (Å²) in [7, 11) is 4.66. The zero-order valence-corrected chi connectivity index (χ0v) is 18.6. The average Bonchev–Trinajstić information content (AvgIpc) is 2.82. The highest BCUT2D eigenvalue weighted by atomic mass is 16.5. The van der Waals surface area contributed by atoms with Gasteiger partial charge in [-0.1, -0.05) is 24.3 Å². The number of nitrogens with zero attached hydrogens (tertiary/aromatic N) is 1. The maximum atomic E-state index is 13.5. The third kappa shape index (κ3) is 4.30. The number of benzene rings is 3. The molecule has 1 atom stereocenters. The number of methoxy groups -OCH3 is 3. The number of ether oxygens (including phenoxy) is 3. The number of aliphatic hydroxyl groups excluding tert-OH is 1. The lowest BCUT2D eigenvalue weighted by molar-refractivity contribution is 0.0764. The van der Waals surface area contributed by atoms with Crippen LogP contribution in [0.1, 0.15) is 41.4 Å². The number of rotatable bonds is 8. The van der Waals surface area contributed by atoms with Gasteiger partial charge in [0.05, 0.1) is 26.9 Å². The summed E-state index contributed by atoms with van der Waals surface area (Å²) in [6.45, 7) is 4.96. The Labute approximate surface area is 183 Å². The molecular formula is C25H29NO5. The first-order chi connectivity index (χ1) is 15.0. The minimum Gasteiger partial charge on any atom is -0.497 e. The zero-order chi connectivity index (χ0) is 22.5. The molecule has 31 heavy (non-hydrogen) atoms. The van der Waals surface area contributed by atoms with Crippen molar-refractivity contribution in [2.75, 3.05) is 34.4 Å². The molecule has 0 bridgehead atoms. The summed E-state index contributed by atoms with van der Waals surface area (Å²) >= 11 is 0. The second-order valence-corrected chi connectivity index (χ2v) is 7.12. The smallest absolute Gasteiger partial charge is 0.258 e. The minimum absolute atomic E-state index is 0.184. The predicted octanol–water partition coefficient (Wildman–Crippen LogP) is 4.43. The molecule has 0 saturated carbocycles. The van der Waals surface area contributed by atoms with Crippen molar-refractivity contribution in [2.24, 2.45) is 0 Å². The van der Waals surface area contributed by atoms with Crippen molar-refractivity contribution in [1.82, 2.24) is 4.90 Å². The van der Waals surface area contributed by atoms with Crippen LogP contribution >= 0.6 is 0 Å². The molecule has 6 heteroatoms. The van der Waals surface area contributed by atoms with Crippen LogP contribution in [0.2, 0.25) is 0 Å². The van der Waals surface area contributed by atoms with Crippen molar-refractivity contribution in [3.05, 3.63) is 65.2 Å². The fraction of sp³-hybridized carbons (Fsp3) is 0.320. The summed E-state index contributed by atoms with van der Waals surface area (Å²) in [6, 6.07) is 14.7. The largest absolute Gasteiger partial charge is 0.497 e. The van der Waals surface area contributed by atoms with E-state index in [-0.39, 0.29) is 5.91 Å². The van der Waals surface area contributed by atoms with Gasteiger partial charge in [0.25, 0.3) is 5.91 Å². The first-order valence-corrected chi connectivity index (χ1v) is 10.3. The summed E-state index contributed by atoms with van der Waals surface area (Å²) in [4.78, 5) is 15.2.